The molecule has 12 rings (SSSR count). The van der Waals surface area contributed by atoms with Crippen molar-refractivity contribution in [2.24, 2.45) is 0 Å². The van der Waals surface area contributed by atoms with Crippen LogP contribution in [0, 0.1) is 0 Å². The van der Waals surface area contributed by atoms with Crippen LogP contribution in [0.2, 0.25) is 0 Å². The number of fused-ring (bicyclic) bond motifs is 10. The number of ether oxygens (including phenoxy) is 1. The topological polar surface area (TPSA) is 36.5 Å². The molecule has 5 heteroatoms. The van der Waals surface area contributed by atoms with Gasteiger partial charge in [-0.2, -0.15) is 0 Å². The van der Waals surface area contributed by atoms with E-state index in [2.05, 4.69) is 150 Å². The van der Waals surface area contributed by atoms with E-state index in [1.54, 1.807) is 0 Å². The van der Waals surface area contributed by atoms with Gasteiger partial charge in [0.05, 0.1) is 16.7 Å². The highest BCUT2D eigenvalue weighted by Gasteiger charge is 2.41. The first kappa shape index (κ1) is 28.7. The van der Waals surface area contributed by atoms with Gasteiger partial charge in [0, 0.05) is 49.2 Å². The monoisotopic (exact) mass is 677 g/mol. The molecule has 0 unspecified atom stereocenters. The van der Waals surface area contributed by atoms with Crippen molar-refractivity contribution in [3.05, 3.63) is 170 Å². The lowest BCUT2D eigenvalue weighted by atomic mass is 9.50. The summed E-state index contributed by atoms with van der Waals surface area (Å²) in [6.45, 7) is -0.309. The van der Waals surface area contributed by atoms with Crippen molar-refractivity contribution in [2.75, 3.05) is 0 Å². The predicted molar refractivity (Wildman–Crippen MR) is 217 cm³/mol. The maximum atomic E-state index is 7.01. The van der Waals surface area contributed by atoms with E-state index in [4.69, 9.17) is 13.8 Å². The summed E-state index contributed by atoms with van der Waals surface area (Å²) in [7, 11) is 0. The van der Waals surface area contributed by atoms with E-state index in [0.717, 1.165) is 89.2 Å². The first-order valence-corrected chi connectivity index (χ1v) is 18.0. The zero-order valence-electron chi connectivity index (χ0n) is 28.4. The number of hydrogen-bond donors (Lipinski definition) is 0. The molecule has 0 bridgehead atoms. The van der Waals surface area contributed by atoms with Gasteiger partial charge in [0.15, 0.2) is 0 Å². The Hall–Kier alpha value is -6.98. The summed E-state index contributed by atoms with van der Waals surface area (Å²) in [5, 5.41) is 4.70. The van der Waals surface area contributed by atoms with Gasteiger partial charge in [0.2, 0.25) is 0 Å². The molecular weight excluding hydrogens is 649 g/mol. The minimum Gasteiger partial charge on any atom is -0.551 e. The average molecular weight is 678 g/mol. The van der Waals surface area contributed by atoms with E-state index >= 15 is 0 Å². The van der Waals surface area contributed by atoms with Gasteiger partial charge in [0.25, 0.3) is 0 Å². The summed E-state index contributed by atoms with van der Waals surface area (Å²) in [4.78, 5) is 0. The smallest absolute Gasteiger partial charge is 0.434 e. The molecule has 4 nitrogen and oxygen atoms in total. The fraction of sp³-hybridized carbons (Fsp3) is 0. The molecule has 53 heavy (non-hydrogen) atoms. The van der Waals surface area contributed by atoms with Crippen molar-refractivity contribution in [2.45, 2.75) is 0 Å². The molecule has 0 saturated heterocycles. The molecule has 2 aliphatic rings. The fourth-order valence-electron chi connectivity index (χ4n) is 8.75. The second-order valence-electron chi connectivity index (χ2n) is 14.0. The van der Waals surface area contributed by atoms with E-state index in [1.807, 2.05) is 24.3 Å². The molecule has 4 heterocycles. The van der Waals surface area contributed by atoms with Crippen LogP contribution in [0.25, 0.3) is 82.8 Å². The first-order chi connectivity index (χ1) is 26.3. The van der Waals surface area contributed by atoms with Crippen LogP contribution in [0.15, 0.2) is 174 Å². The fourth-order valence-corrected chi connectivity index (χ4v) is 8.75. The number of furan rings is 1. The van der Waals surface area contributed by atoms with Crippen molar-refractivity contribution in [3.8, 4) is 56.3 Å². The SMILES string of the molecule is c1ccc2c(c1)Oc1cc(-c3ccccc3-n3c4ccccc4c4ccccc43)cc3c1B2Oc1cc(-c2cccc4c2oc2ccccc24)ccc1-3. The summed E-state index contributed by atoms with van der Waals surface area (Å²) >= 11 is 0. The number of hydrogen-bond acceptors (Lipinski definition) is 3. The molecule has 0 radical (unpaired) electrons. The van der Waals surface area contributed by atoms with Gasteiger partial charge < -0.3 is 18.4 Å². The van der Waals surface area contributed by atoms with E-state index in [0.29, 0.717) is 0 Å². The minimum absolute atomic E-state index is 0.309. The summed E-state index contributed by atoms with van der Waals surface area (Å²) in [5.41, 5.74) is 13.8. The number of benzene rings is 8. The summed E-state index contributed by atoms with van der Waals surface area (Å²) in [6.07, 6.45) is 0. The summed E-state index contributed by atoms with van der Waals surface area (Å²) in [6, 6.07) is 59.9. The Labute approximate surface area is 305 Å². The van der Waals surface area contributed by atoms with Gasteiger partial charge in [-0.25, -0.2) is 0 Å². The highest BCUT2D eigenvalue weighted by molar-refractivity contribution is 6.84. The molecule has 246 valence electrons. The van der Waals surface area contributed by atoms with Crippen molar-refractivity contribution < 1.29 is 13.8 Å². The van der Waals surface area contributed by atoms with E-state index in [1.165, 1.54) is 21.8 Å². The van der Waals surface area contributed by atoms with Crippen LogP contribution in [0.5, 0.6) is 17.2 Å². The zero-order chi connectivity index (χ0) is 34.6. The average Bonchev–Trinajstić information content (AvgIpc) is 3.77. The van der Waals surface area contributed by atoms with E-state index < -0.39 is 0 Å². The van der Waals surface area contributed by atoms with Crippen molar-refractivity contribution in [1.82, 2.24) is 4.57 Å². The molecule has 10 aromatic rings. The second-order valence-corrected chi connectivity index (χ2v) is 14.0. The van der Waals surface area contributed by atoms with Crippen LogP contribution < -0.4 is 20.3 Å². The maximum Gasteiger partial charge on any atom is 0.434 e. The lowest BCUT2D eigenvalue weighted by Gasteiger charge is -2.33. The number of rotatable bonds is 3. The molecule has 2 aliphatic heterocycles. The van der Waals surface area contributed by atoms with Crippen molar-refractivity contribution in [1.29, 1.82) is 0 Å². The highest BCUT2D eigenvalue weighted by Crippen LogP contribution is 2.45. The van der Waals surface area contributed by atoms with Gasteiger partial charge in [-0.05, 0) is 65.2 Å². The molecular formula is C48H28BNO3. The largest absolute Gasteiger partial charge is 0.551 e. The molecule has 2 aromatic heterocycles. The number of para-hydroxylation sites is 6. The third-order valence-corrected chi connectivity index (χ3v) is 11.1. The third kappa shape index (κ3) is 4.07. The van der Waals surface area contributed by atoms with Crippen molar-refractivity contribution in [3.63, 3.8) is 0 Å². The van der Waals surface area contributed by atoms with E-state index in [-0.39, 0.29) is 6.92 Å². The predicted octanol–water partition coefficient (Wildman–Crippen LogP) is 11.3. The standard InChI is InChI=1S/C48H28BNO3/c1-6-19-40(50-41-20-7-2-13-33(41)34-14-3-8-21-42(34)50)31(12-1)30-26-38-36-25-24-29(32-16-11-17-37-35-15-4-9-22-43(35)52-48(32)37)27-45(36)53-49-39-18-5-10-23-44(39)51-46(28-30)47(38)49/h1-28H. The Balaban J connectivity index is 1.08. The van der Waals surface area contributed by atoms with Gasteiger partial charge in [0.1, 0.15) is 28.4 Å². The molecule has 0 aliphatic carbocycles. The van der Waals surface area contributed by atoms with Crippen LogP contribution in [-0.4, -0.2) is 11.5 Å². The molecule has 0 fully saturated rings. The first-order valence-electron chi connectivity index (χ1n) is 18.0. The molecule has 0 spiro atoms. The molecule has 8 aromatic carbocycles. The Morgan fingerprint density at radius 1 is 0.434 bits per heavy atom. The van der Waals surface area contributed by atoms with Gasteiger partial charge >= 0.3 is 6.92 Å². The Kier molecular flexibility index (Phi) is 5.83. The normalized spacial score (nSPS) is 12.8. The van der Waals surface area contributed by atoms with Crippen LogP contribution >= 0.6 is 0 Å². The van der Waals surface area contributed by atoms with Gasteiger partial charge in [-0.3, -0.25) is 0 Å². The molecule has 0 amide bonds. The Morgan fingerprint density at radius 3 is 1.98 bits per heavy atom. The van der Waals surface area contributed by atoms with Crippen LogP contribution in [0.1, 0.15) is 0 Å². The quantitative estimate of drug-likeness (QED) is 0.175. The molecule has 0 N–H and O–H groups in total. The minimum atomic E-state index is -0.309. The van der Waals surface area contributed by atoms with Gasteiger partial charge in [-0.15, -0.1) is 0 Å². The Bertz CT molecular complexity index is 3100. The summed E-state index contributed by atoms with van der Waals surface area (Å²) < 4.78 is 22.6. The summed E-state index contributed by atoms with van der Waals surface area (Å²) in [5.74, 6) is 2.47. The lowest BCUT2D eigenvalue weighted by Crippen LogP contribution is -2.53. The maximum absolute atomic E-state index is 7.01. The third-order valence-electron chi connectivity index (χ3n) is 11.1. The highest BCUT2D eigenvalue weighted by atomic mass is 16.5. The van der Waals surface area contributed by atoms with Crippen LogP contribution in [0.4, 0.5) is 0 Å². The van der Waals surface area contributed by atoms with Crippen LogP contribution in [-0.2, 0) is 0 Å². The Morgan fingerprint density at radius 2 is 1.11 bits per heavy atom. The number of nitrogens with zero attached hydrogens (tertiary/aromatic N) is 1. The lowest BCUT2D eigenvalue weighted by molar-refractivity contribution is 0.479. The second kappa shape index (κ2) is 10.8. The van der Waals surface area contributed by atoms with E-state index in [9.17, 15) is 0 Å². The van der Waals surface area contributed by atoms with Crippen molar-refractivity contribution >= 4 is 61.6 Å². The molecule has 0 saturated carbocycles. The molecule has 0 atom stereocenters. The number of aromatic nitrogens is 1. The zero-order valence-corrected chi connectivity index (χ0v) is 28.4. The van der Waals surface area contributed by atoms with Gasteiger partial charge in [-0.1, -0.05) is 121 Å². The van der Waals surface area contributed by atoms with Crippen LogP contribution in [0.3, 0.4) is 0 Å².